The largest absolute Gasteiger partial charge is 0.480 e. The van der Waals surface area contributed by atoms with Crippen molar-refractivity contribution in [3.05, 3.63) is 77.2 Å². The molecule has 2 aliphatic heterocycles. The highest BCUT2D eigenvalue weighted by Gasteiger charge is 2.42. The van der Waals surface area contributed by atoms with E-state index in [0.29, 0.717) is 38.2 Å². The minimum Gasteiger partial charge on any atom is -0.480 e. The third-order valence-corrected chi connectivity index (χ3v) is 8.10. The number of fused-ring (bicyclic) bond motifs is 1. The van der Waals surface area contributed by atoms with Gasteiger partial charge < -0.3 is 10.4 Å². The Balaban J connectivity index is 1.13. The van der Waals surface area contributed by atoms with Gasteiger partial charge in [0.2, 0.25) is 0 Å². The van der Waals surface area contributed by atoms with Crippen LogP contribution >= 0.6 is 0 Å². The second-order valence-electron chi connectivity index (χ2n) is 11.0. The lowest BCUT2D eigenvalue weighted by Crippen LogP contribution is -2.36. The van der Waals surface area contributed by atoms with Crippen molar-refractivity contribution in [2.75, 3.05) is 25.0 Å². The average Bonchev–Trinajstić information content (AvgIpc) is 3.58. The van der Waals surface area contributed by atoms with Crippen LogP contribution in [0.1, 0.15) is 67.6 Å². The number of nitrogens with zero attached hydrogens (tertiary/aromatic N) is 4. The van der Waals surface area contributed by atoms with Gasteiger partial charge in [0.05, 0.1) is 12.2 Å². The first-order valence-corrected chi connectivity index (χ1v) is 13.8. The van der Waals surface area contributed by atoms with Crippen LogP contribution in [0.5, 0.6) is 0 Å². The summed E-state index contributed by atoms with van der Waals surface area (Å²) >= 11 is 0. The summed E-state index contributed by atoms with van der Waals surface area (Å²) < 4.78 is 17.6. The maximum atomic E-state index is 15.8. The number of pyridine rings is 1. The van der Waals surface area contributed by atoms with Gasteiger partial charge in [-0.3, -0.25) is 14.4 Å². The minimum atomic E-state index is -1.34. The monoisotopic (exact) mass is 519 g/mol. The van der Waals surface area contributed by atoms with E-state index in [-0.39, 0.29) is 5.92 Å². The van der Waals surface area contributed by atoms with Crippen LogP contribution in [0.15, 0.2) is 54.7 Å². The molecule has 7 nitrogen and oxygen atoms in total. The molecule has 2 aromatic heterocycles. The van der Waals surface area contributed by atoms with E-state index in [4.69, 9.17) is 4.98 Å². The standard InChI is InChI=1S/C30H38FN5O2/c1-30(31,16-6-5-11-25-13-12-23-10-7-17-32-28(23)33-25)24-14-18-35(21-24)27(29(37)38)26-15-19-36(34-26)20-22-8-3-2-4-9-22/h2-4,8-9,12-13,15,19,24,27H,5-7,10-11,14,16-18,20-21H2,1H3,(H,32,33)(H,37,38)/t24-,27?,30?/m1/s1. The number of aromatic nitrogens is 3. The lowest BCUT2D eigenvalue weighted by atomic mass is 9.85. The second kappa shape index (κ2) is 11.6. The Morgan fingerprint density at radius 1 is 1.21 bits per heavy atom. The first kappa shape index (κ1) is 26.4. The number of aliphatic carboxylic acids is 1. The number of hydrogen-bond acceptors (Lipinski definition) is 5. The van der Waals surface area contributed by atoms with Gasteiger partial charge in [0, 0.05) is 30.9 Å². The van der Waals surface area contributed by atoms with Crippen LogP contribution < -0.4 is 5.32 Å². The van der Waals surface area contributed by atoms with Crippen molar-refractivity contribution in [3.8, 4) is 0 Å². The second-order valence-corrected chi connectivity index (χ2v) is 11.0. The van der Waals surface area contributed by atoms with E-state index in [1.54, 1.807) is 17.7 Å². The molecule has 4 heterocycles. The number of benzene rings is 1. The lowest BCUT2D eigenvalue weighted by Gasteiger charge is -2.29. The Hall–Kier alpha value is -3.26. The Morgan fingerprint density at radius 3 is 2.87 bits per heavy atom. The number of hydrogen-bond donors (Lipinski definition) is 2. The molecular formula is C30H38FN5O2. The molecule has 2 aliphatic rings. The molecule has 0 radical (unpaired) electrons. The minimum absolute atomic E-state index is 0.193. The fourth-order valence-corrected chi connectivity index (χ4v) is 5.85. The topological polar surface area (TPSA) is 83.3 Å². The van der Waals surface area contributed by atoms with E-state index in [0.717, 1.165) is 55.7 Å². The van der Waals surface area contributed by atoms with Crippen LogP contribution in [0.3, 0.4) is 0 Å². The number of nitrogens with one attached hydrogen (secondary N) is 1. The van der Waals surface area contributed by atoms with Crippen LogP contribution in [-0.2, 0) is 24.2 Å². The van der Waals surface area contributed by atoms with Crippen LogP contribution in [0.25, 0.3) is 0 Å². The van der Waals surface area contributed by atoms with Crippen molar-refractivity contribution >= 4 is 11.8 Å². The Kier molecular flexibility index (Phi) is 8.07. The summed E-state index contributed by atoms with van der Waals surface area (Å²) in [5.41, 5.74) is 2.60. The van der Waals surface area contributed by atoms with Crippen molar-refractivity contribution in [2.45, 2.75) is 70.1 Å². The van der Waals surface area contributed by atoms with Gasteiger partial charge >= 0.3 is 5.97 Å². The zero-order valence-electron chi connectivity index (χ0n) is 22.2. The first-order chi connectivity index (χ1) is 18.4. The molecule has 2 unspecified atom stereocenters. The molecule has 1 fully saturated rings. The Bertz CT molecular complexity index is 1230. The molecule has 0 spiro atoms. The molecule has 3 aromatic rings. The zero-order valence-corrected chi connectivity index (χ0v) is 22.2. The molecule has 2 N–H and O–H groups in total. The quantitative estimate of drug-likeness (QED) is 0.336. The molecule has 8 heteroatoms. The maximum absolute atomic E-state index is 15.8. The highest BCUT2D eigenvalue weighted by molar-refractivity contribution is 5.75. The number of carbonyl (C=O) groups is 1. The van der Waals surface area contributed by atoms with Gasteiger partial charge in [-0.1, -0.05) is 36.4 Å². The Morgan fingerprint density at radius 2 is 2.05 bits per heavy atom. The molecule has 0 saturated carbocycles. The number of alkyl halides is 1. The van der Waals surface area contributed by atoms with E-state index >= 15 is 4.39 Å². The molecule has 1 saturated heterocycles. The number of carboxylic acids is 1. The summed E-state index contributed by atoms with van der Waals surface area (Å²) in [5, 5.41) is 18.0. The molecule has 0 aliphatic carbocycles. The Labute approximate surface area is 224 Å². The summed E-state index contributed by atoms with van der Waals surface area (Å²) in [6, 6.07) is 15.1. The zero-order chi connectivity index (χ0) is 26.5. The number of rotatable bonds is 11. The maximum Gasteiger partial charge on any atom is 0.327 e. The van der Waals surface area contributed by atoms with Gasteiger partial charge in [0.15, 0.2) is 6.04 Å². The van der Waals surface area contributed by atoms with Crippen LogP contribution in [0.2, 0.25) is 0 Å². The van der Waals surface area contributed by atoms with E-state index in [1.165, 1.54) is 5.56 Å². The van der Waals surface area contributed by atoms with Crippen molar-refractivity contribution in [1.29, 1.82) is 0 Å². The number of halogens is 1. The number of carboxylic acid groups (broad SMARTS) is 1. The van der Waals surface area contributed by atoms with Gasteiger partial charge in [-0.05, 0) is 81.7 Å². The van der Waals surface area contributed by atoms with E-state index in [1.807, 2.05) is 41.4 Å². The first-order valence-electron chi connectivity index (χ1n) is 13.8. The molecule has 1 aromatic carbocycles. The summed E-state index contributed by atoms with van der Waals surface area (Å²) in [4.78, 5) is 18.9. The molecule has 0 bridgehead atoms. The molecular weight excluding hydrogens is 481 g/mol. The summed E-state index contributed by atoms with van der Waals surface area (Å²) in [6.45, 7) is 4.22. The predicted molar refractivity (Wildman–Crippen MR) is 146 cm³/mol. The number of anilines is 1. The normalized spacial score (nSPS) is 19.9. The lowest BCUT2D eigenvalue weighted by molar-refractivity contribution is -0.143. The summed E-state index contributed by atoms with van der Waals surface area (Å²) in [6.07, 6.45) is 7.67. The van der Waals surface area contributed by atoms with Crippen LogP contribution in [0, 0.1) is 5.92 Å². The average molecular weight is 520 g/mol. The van der Waals surface area contributed by atoms with Crippen LogP contribution in [-0.4, -0.2) is 56.0 Å². The third-order valence-electron chi connectivity index (χ3n) is 8.10. The van der Waals surface area contributed by atoms with Gasteiger partial charge in [-0.25, -0.2) is 9.37 Å². The predicted octanol–water partition coefficient (Wildman–Crippen LogP) is 5.27. The smallest absolute Gasteiger partial charge is 0.327 e. The van der Waals surface area contributed by atoms with Gasteiger partial charge in [-0.15, -0.1) is 0 Å². The molecule has 0 amide bonds. The van der Waals surface area contributed by atoms with Gasteiger partial charge in [-0.2, -0.15) is 5.10 Å². The SMILES string of the molecule is CC(F)(CCCCc1ccc2c(n1)NCCC2)[C@@H]1CCN(C(C(=O)O)c2ccn(Cc3ccccc3)n2)C1. The molecule has 5 rings (SSSR count). The third kappa shape index (κ3) is 6.23. The van der Waals surface area contributed by atoms with E-state index in [2.05, 4.69) is 22.5 Å². The molecule has 3 atom stereocenters. The van der Waals surface area contributed by atoms with Crippen molar-refractivity contribution < 1.29 is 14.3 Å². The van der Waals surface area contributed by atoms with Crippen LogP contribution in [0.4, 0.5) is 10.2 Å². The van der Waals surface area contributed by atoms with Crippen molar-refractivity contribution in [3.63, 3.8) is 0 Å². The highest BCUT2D eigenvalue weighted by Crippen LogP contribution is 2.38. The van der Waals surface area contributed by atoms with E-state index < -0.39 is 17.7 Å². The fourth-order valence-electron chi connectivity index (χ4n) is 5.85. The highest BCUT2D eigenvalue weighted by atomic mass is 19.1. The number of aryl methyl sites for hydroxylation is 2. The van der Waals surface area contributed by atoms with Crippen molar-refractivity contribution in [2.24, 2.45) is 5.92 Å². The number of likely N-dealkylation sites (tertiary alicyclic amines) is 1. The molecule has 202 valence electrons. The van der Waals surface area contributed by atoms with Gasteiger partial charge in [0.25, 0.3) is 0 Å². The fraction of sp³-hybridized carbons (Fsp3) is 0.500. The van der Waals surface area contributed by atoms with E-state index in [9.17, 15) is 9.90 Å². The molecule has 38 heavy (non-hydrogen) atoms. The summed E-state index contributed by atoms with van der Waals surface area (Å²) in [5.74, 6) is -0.127. The number of unbranched alkanes of at least 4 members (excludes halogenated alkanes) is 1. The summed E-state index contributed by atoms with van der Waals surface area (Å²) in [7, 11) is 0. The van der Waals surface area contributed by atoms with Gasteiger partial charge in [0.1, 0.15) is 11.5 Å². The van der Waals surface area contributed by atoms with Crippen molar-refractivity contribution in [1.82, 2.24) is 19.7 Å².